The molecule has 1 aromatic rings. The highest BCUT2D eigenvalue weighted by Crippen LogP contribution is 2.35. The van der Waals surface area contributed by atoms with E-state index in [0.29, 0.717) is 23.9 Å². The topological polar surface area (TPSA) is 32.3 Å². The van der Waals surface area contributed by atoms with Crippen LogP contribution in [0.5, 0.6) is 0 Å². The Morgan fingerprint density at radius 2 is 1.92 bits per heavy atom. The number of carbonyl (C=O) groups excluding carboxylic acids is 1. The van der Waals surface area contributed by atoms with Gasteiger partial charge in [-0.1, -0.05) is 29.8 Å². The van der Waals surface area contributed by atoms with E-state index < -0.39 is 0 Å². The van der Waals surface area contributed by atoms with Crippen molar-refractivity contribution in [1.82, 2.24) is 10.2 Å². The standard InChI is InChI=1S/C20H28N2OS/c1-14-2-4-16(5-3-14)19-13-24-9-8-22(19)20(23)12-15-10-17-6-7-18(11-15)21-17/h2-5,15,17-19,21H,6-13H2,1H3. The molecule has 3 atom stereocenters. The lowest BCUT2D eigenvalue weighted by atomic mass is 9.89. The van der Waals surface area contributed by atoms with E-state index in [2.05, 4.69) is 41.4 Å². The van der Waals surface area contributed by atoms with E-state index in [1.165, 1.54) is 36.8 Å². The number of hydrogen-bond donors (Lipinski definition) is 1. The number of piperidine rings is 1. The largest absolute Gasteiger partial charge is 0.334 e. The number of carbonyl (C=O) groups is 1. The summed E-state index contributed by atoms with van der Waals surface area (Å²) in [6.45, 7) is 3.02. The van der Waals surface area contributed by atoms with Crippen LogP contribution in [0.15, 0.2) is 24.3 Å². The van der Waals surface area contributed by atoms with Crippen molar-refractivity contribution in [2.75, 3.05) is 18.1 Å². The number of thioether (sulfide) groups is 1. The molecule has 4 rings (SSSR count). The maximum atomic E-state index is 13.0. The minimum atomic E-state index is 0.260. The van der Waals surface area contributed by atoms with Gasteiger partial charge in [-0.05, 0) is 44.1 Å². The molecule has 3 nitrogen and oxygen atoms in total. The zero-order chi connectivity index (χ0) is 16.5. The van der Waals surface area contributed by atoms with Crippen molar-refractivity contribution in [2.24, 2.45) is 5.92 Å². The fourth-order valence-corrected chi connectivity index (χ4v) is 5.76. The molecule has 0 radical (unpaired) electrons. The third-order valence-electron chi connectivity index (χ3n) is 5.94. The Kier molecular flexibility index (Phi) is 4.86. The number of nitrogens with zero attached hydrogens (tertiary/aromatic N) is 1. The maximum absolute atomic E-state index is 13.0. The van der Waals surface area contributed by atoms with Crippen LogP contribution in [-0.2, 0) is 4.79 Å². The van der Waals surface area contributed by atoms with Gasteiger partial charge in [0, 0.05) is 36.6 Å². The summed E-state index contributed by atoms with van der Waals surface area (Å²) >= 11 is 1.98. The number of nitrogens with one attached hydrogen (secondary N) is 1. The van der Waals surface area contributed by atoms with Crippen molar-refractivity contribution < 1.29 is 4.79 Å². The van der Waals surface area contributed by atoms with Gasteiger partial charge in [0.15, 0.2) is 0 Å². The predicted molar refractivity (Wildman–Crippen MR) is 100 cm³/mol. The van der Waals surface area contributed by atoms with Crippen LogP contribution in [0.1, 0.15) is 49.3 Å². The molecule has 1 amide bonds. The van der Waals surface area contributed by atoms with Crippen LogP contribution in [0.2, 0.25) is 0 Å². The fraction of sp³-hybridized carbons (Fsp3) is 0.650. The average Bonchev–Trinajstić information content (AvgIpc) is 2.94. The Hall–Kier alpha value is -1.00. The quantitative estimate of drug-likeness (QED) is 0.910. The molecule has 4 heteroatoms. The van der Waals surface area contributed by atoms with Crippen molar-refractivity contribution >= 4 is 17.7 Å². The highest BCUT2D eigenvalue weighted by Gasteiger charge is 2.36. The Bertz CT molecular complexity index is 576. The van der Waals surface area contributed by atoms with Crippen molar-refractivity contribution in [3.05, 3.63) is 35.4 Å². The normalized spacial score (nSPS) is 32.8. The van der Waals surface area contributed by atoms with Crippen molar-refractivity contribution in [2.45, 2.75) is 57.2 Å². The van der Waals surface area contributed by atoms with Gasteiger partial charge < -0.3 is 10.2 Å². The molecule has 3 aliphatic heterocycles. The number of rotatable bonds is 3. The first kappa shape index (κ1) is 16.5. The first-order valence-corrected chi connectivity index (χ1v) is 10.5. The lowest BCUT2D eigenvalue weighted by Gasteiger charge is -2.37. The fourth-order valence-electron chi connectivity index (χ4n) is 4.67. The van der Waals surface area contributed by atoms with Crippen molar-refractivity contribution in [3.63, 3.8) is 0 Å². The summed E-state index contributed by atoms with van der Waals surface area (Å²) in [6.07, 6.45) is 5.76. The Morgan fingerprint density at radius 3 is 2.62 bits per heavy atom. The Labute approximate surface area is 149 Å². The molecule has 0 aliphatic carbocycles. The Balaban J connectivity index is 1.44. The van der Waals surface area contributed by atoms with Crippen LogP contribution in [0.25, 0.3) is 0 Å². The van der Waals surface area contributed by atoms with Crippen LogP contribution >= 0.6 is 11.8 Å². The molecule has 2 bridgehead atoms. The van der Waals surface area contributed by atoms with Gasteiger partial charge in [-0.25, -0.2) is 0 Å². The molecule has 3 saturated heterocycles. The molecule has 1 N–H and O–H groups in total. The summed E-state index contributed by atoms with van der Waals surface area (Å²) in [4.78, 5) is 15.2. The lowest BCUT2D eigenvalue weighted by molar-refractivity contribution is -0.134. The first-order valence-electron chi connectivity index (χ1n) is 9.39. The molecular weight excluding hydrogens is 316 g/mol. The number of hydrogen-bond acceptors (Lipinski definition) is 3. The highest BCUT2D eigenvalue weighted by atomic mass is 32.2. The van der Waals surface area contributed by atoms with Crippen LogP contribution in [-0.4, -0.2) is 40.9 Å². The predicted octanol–water partition coefficient (Wildman–Crippen LogP) is 3.53. The van der Waals surface area contributed by atoms with Gasteiger partial charge in [0.2, 0.25) is 5.91 Å². The molecule has 0 spiro atoms. The Morgan fingerprint density at radius 1 is 1.21 bits per heavy atom. The van der Waals surface area contributed by atoms with Gasteiger partial charge >= 0.3 is 0 Å². The van der Waals surface area contributed by atoms with E-state index in [0.717, 1.165) is 24.5 Å². The zero-order valence-electron chi connectivity index (χ0n) is 14.5. The molecule has 3 fully saturated rings. The molecule has 130 valence electrons. The summed E-state index contributed by atoms with van der Waals surface area (Å²) in [6, 6.07) is 10.4. The van der Waals surface area contributed by atoms with Gasteiger partial charge in [0.05, 0.1) is 6.04 Å². The van der Waals surface area contributed by atoms with Crippen molar-refractivity contribution in [1.29, 1.82) is 0 Å². The third-order valence-corrected chi connectivity index (χ3v) is 6.97. The summed E-state index contributed by atoms with van der Waals surface area (Å²) in [5.74, 6) is 3.08. The summed E-state index contributed by atoms with van der Waals surface area (Å²) in [7, 11) is 0. The second kappa shape index (κ2) is 7.09. The van der Waals surface area contributed by atoms with Crippen LogP contribution < -0.4 is 5.32 Å². The number of benzene rings is 1. The monoisotopic (exact) mass is 344 g/mol. The van der Waals surface area contributed by atoms with E-state index >= 15 is 0 Å². The molecule has 1 aromatic carbocycles. The lowest BCUT2D eigenvalue weighted by Crippen LogP contribution is -2.43. The van der Waals surface area contributed by atoms with E-state index in [-0.39, 0.29) is 6.04 Å². The molecule has 3 aliphatic rings. The van der Waals surface area contributed by atoms with Crippen molar-refractivity contribution in [3.8, 4) is 0 Å². The van der Waals surface area contributed by atoms with Crippen LogP contribution in [0, 0.1) is 12.8 Å². The summed E-state index contributed by atoms with van der Waals surface area (Å²) < 4.78 is 0. The smallest absolute Gasteiger partial charge is 0.223 e. The van der Waals surface area contributed by atoms with Gasteiger partial charge in [0.1, 0.15) is 0 Å². The van der Waals surface area contributed by atoms with E-state index in [1.54, 1.807) is 0 Å². The third kappa shape index (κ3) is 3.50. The molecule has 3 heterocycles. The molecule has 0 aromatic heterocycles. The zero-order valence-corrected chi connectivity index (χ0v) is 15.4. The minimum Gasteiger partial charge on any atom is -0.334 e. The average molecular weight is 345 g/mol. The highest BCUT2D eigenvalue weighted by molar-refractivity contribution is 7.99. The minimum absolute atomic E-state index is 0.260. The maximum Gasteiger partial charge on any atom is 0.223 e. The molecule has 3 unspecified atom stereocenters. The molecule has 0 saturated carbocycles. The van der Waals surface area contributed by atoms with Gasteiger partial charge in [0.25, 0.3) is 0 Å². The number of amides is 1. The first-order chi connectivity index (χ1) is 11.7. The van der Waals surface area contributed by atoms with Crippen LogP contribution in [0.4, 0.5) is 0 Å². The SMILES string of the molecule is Cc1ccc(C2CSCCN2C(=O)CC2CC3CCC(C2)N3)cc1. The number of aryl methyl sites for hydroxylation is 1. The summed E-state index contributed by atoms with van der Waals surface area (Å²) in [5.41, 5.74) is 2.58. The number of fused-ring (bicyclic) bond motifs is 2. The van der Waals surface area contributed by atoms with Gasteiger partial charge in [-0.2, -0.15) is 11.8 Å². The van der Waals surface area contributed by atoms with Crippen LogP contribution in [0.3, 0.4) is 0 Å². The second-order valence-corrected chi connectivity index (χ2v) is 8.92. The van der Waals surface area contributed by atoms with E-state index in [1.807, 2.05) is 11.8 Å². The second-order valence-electron chi connectivity index (χ2n) is 7.77. The van der Waals surface area contributed by atoms with Gasteiger partial charge in [-0.3, -0.25) is 4.79 Å². The summed E-state index contributed by atoms with van der Waals surface area (Å²) in [5, 5.41) is 3.68. The van der Waals surface area contributed by atoms with E-state index in [9.17, 15) is 4.79 Å². The molecular formula is C20H28N2OS. The van der Waals surface area contributed by atoms with E-state index in [4.69, 9.17) is 0 Å². The van der Waals surface area contributed by atoms with Gasteiger partial charge in [-0.15, -0.1) is 0 Å². The molecule has 24 heavy (non-hydrogen) atoms.